The Morgan fingerprint density at radius 2 is 1.40 bits per heavy atom. The highest BCUT2D eigenvalue weighted by Gasteiger charge is 2.38. The molecule has 2 heteroatoms. The van der Waals surface area contributed by atoms with Crippen molar-refractivity contribution in [2.45, 2.75) is 78.1 Å². The fraction of sp³-hybridized carbons (Fsp3) is 0.240. The summed E-state index contributed by atoms with van der Waals surface area (Å²) < 4.78 is 0. The summed E-state index contributed by atoms with van der Waals surface area (Å²) >= 11 is 0. The molecule has 7 rings (SSSR count). The summed E-state index contributed by atoms with van der Waals surface area (Å²) in [5, 5.41) is 12.0. The van der Waals surface area contributed by atoms with E-state index in [9.17, 15) is 5.11 Å². The second-order valence-corrected chi connectivity index (χ2v) is 15.6. The van der Waals surface area contributed by atoms with Gasteiger partial charge in [-0.15, -0.1) is 0 Å². The molecule has 0 saturated heterocycles. The normalized spacial score (nSPS) is 17.3. The van der Waals surface area contributed by atoms with Crippen LogP contribution in [-0.2, 0) is 10.8 Å². The number of benzene rings is 4. The van der Waals surface area contributed by atoms with Crippen LogP contribution in [0.3, 0.4) is 0 Å². The Bertz CT molecular complexity index is 2200. The summed E-state index contributed by atoms with van der Waals surface area (Å²) in [6.45, 7) is 18.0. The van der Waals surface area contributed by atoms with Crippen LogP contribution in [0.5, 0.6) is 0 Å². The maximum atomic E-state index is 12.0. The maximum absolute atomic E-state index is 12.0. The van der Waals surface area contributed by atoms with Crippen molar-refractivity contribution in [3.8, 4) is 11.1 Å². The van der Waals surface area contributed by atoms with Gasteiger partial charge in [-0.05, 0) is 121 Å². The highest BCUT2D eigenvalue weighted by molar-refractivity contribution is 5.88. The summed E-state index contributed by atoms with van der Waals surface area (Å²) in [6.07, 6.45) is 14.6. The van der Waals surface area contributed by atoms with Crippen LogP contribution < -0.4 is 4.90 Å². The SMILES string of the molecule is C=C/C(=C\C=C(/O)C1=C(C)CCC(C)=C1C(C)(C)c1ccccc1)N(c1ccc(-c2ccccc2)cc1)c1ccc2c(c1)C(C)(C)C1=C2C=CCC1. The lowest BCUT2D eigenvalue weighted by Gasteiger charge is -2.36. The van der Waals surface area contributed by atoms with Gasteiger partial charge in [0.25, 0.3) is 0 Å². The molecule has 0 fully saturated rings. The average molecular weight is 682 g/mol. The standard InChI is InChI=1S/C50H51NO/c1-8-39(30-32-46(52)47-34(2)23-24-35(3)48(47)49(4,5)38-19-13-10-14-20-38)51(40-27-25-37(26-28-40)36-17-11-9-12-18-36)41-29-31-43-42-21-15-16-22-44(42)50(6,7)45(43)33-41/h8-15,17-21,25-33,52H,1,16,22-24H2,2-7H3/b39-30+,46-32-. The molecule has 0 aromatic heterocycles. The Labute approximate surface area is 311 Å². The Hall–Kier alpha value is -5.34. The smallest absolute Gasteiger partial charge is 0.123 e. The van der Waals surface area contributed by atoms with Crippen LogP contribution in [0, 0.1) is 0 Å². The molecule has 4 aromatic rings. The van der Waals surface area contributed by atoms with Crippen LogP contribution in [0.15, 0.2) is 179 Å². The first-order valence-corrected chi connectivity index (χ1v) is 18.7. The molecule has 3 aliphatic rings. The molecule has 3 aliphatic carbocycles. The van der Waals surface area contributed by atoms with Gasteiger partial charge in [0.15, 0.2) is 0 Å². The largest absolute Gasteiger partial charge is 0.507 e. The zero-order valence-electron chi connectivity index (χ0n) is 31.6. The average Bonchev–Trinajstić information content (AvgIpc) is 3.40. The molecule has 0 bridgehead atoms. The lowest BCUT2D eigenvalue weighted by Crippen LogP contribution is -2.26. The number of aliphatic hydroxyl groups is 1. The number of aliphatic hydroxyl groups excluding tert-OH is 1. The molecule has 0 unspecified atom stereocenters. The third-order valence-corrected chi connectivity index (χ3v) is 11.6. The Kier molecular flexibility index (Phi) is 9.44. The predicted molar refractivity (Wildman–Crippen MR) is 222 cm³/mol. The lowest BCUT2D eigenvalue weighted by molar-refractivity contribution is 0.417. The van der Waals surface area contributed by atoms with Crippen LogP contribution in [-0.4, -0.2) is 5.11 Å². The van der Waals surface area contributed by atoms with Crippen LogP contribution in [0.4, 0.5) is 11.4 Å². The number of hydrogen-bond donors (Lipinski definition) is 1. The van der Waals surface area contributed by atoms with Crippen molar-refractivity contribution in [2.24, 2.45) is 0 Å². The minimum absolute atomic E-state index is 0.0539. The van der Waals surface area contributed by atoms with E-state index in [4.69, 9.17) is 0 Å². The maximum Gasteiger partial charge on any atom is 0.123 e. The molecule has 0 spiro atoms. The first kappa shape index (κ1) is 35.1. The first-order valence-electron chi connectivity index (χ1n) is 18.7. The molecule has 0 atom stereocenters. The molecule has 0 amide bonds. The van der Waals surface area contributed by atoms with E-state index in [-0.39, 0.29) is 16.6 Å². The van der Waals surface area contributed by atoms with E-state index in [0.29, 0.717) is 0 Å². The van der Waals surface area contributed by atoms with Crippen LogP contribution in [0.25, 0.3) is 16.7 Å². The number of nitrogens with zero attached hydrogens (tertiary/aromatic N) is 1. The van der Waals surface area contributed by atoms with Gasteiger partial charge in [-0.3, -0.25) is 0 Å². The van der Waals surface area contributed by atoms with E-state index in [1.165, 1.54) is 55.7 Å². The second kappa shape index (κ2) is 14.0. The molecule has 0 saturated carbocycles. The lowest BCUT2D eigenvalue weighted by atomic mass is 9.68. The van der Waals surface area contributed by atoms with Crippen LogP contribution >= 0.6 is 0 Å². The van der Waals surface area contributed by atoms with E-state index in [0.717, 1.165) is 48.3 Å². The van der Waals surface area contributed by atoms with Crippen molar-refractivity contribution in [3.63, 3.8) is 0 Å². The van der Waals surface area contributed by atoms with Crippen LogP contribution in [0.1, 0.15) is 83.9 Å². The van der Waals surface area contributed by atoms with Gasteiger partial charge < -0.3 is 10.0 Å². The van der Waals surface area contributed by atoms with Gasteiger partial charge in [-0.25, -0.2) is 0 Å². The third-order valence-electron chi connectivity index (χ3n) is 11.6. The Balaban J connectivity index is 1.33. The molecular weight excluding hydrogens is 631 g/mol. The number of fused-ring (bicyclic) bond motifs is 2. The molecular formula is C50H51NO. The fourth-order valence-corrected chi connectivity index (χ4v) is 8.76. The first-order chi connectivity index (χ1) is 25.0. The van der Waals surface area contributed by atoms with Gasteiger partial charge in [0, 0.05) is 33.5 Å². The molecule has 0 heterocycles. The third kappa shape index (κ3) is 6.26. The van der Waals surface area contributed by atoms with Gasteiger partial charge >= 0.3 is 0 Å². The predicted octanol–water partition coefficient (Wildman–Crippen LogP) is 13.8. The van der Waals surface area contributed by atoms with Gasteiger partial charge in [-0.1, -0.05) is 142 Å². The topological polar surface area (TPSA) is 23.5 Å². The summed E-state index contributed by atoms with van der Waals surface area (Å²) in [6, 6.07) is 36.8. The van der Waals surface area contributed by atoms with E-state index >= 15 is 0 Å². The summed E-state index contributed by atoms with van der Waals surface area (Å²) in [5.41, 5.74) is 16.5. The van der Waals surface area contributed by atoms with Gasteiger partial charge in [0.2, 0.25) is 0 Å². The number of allylic oxidation sites excluding steroid dienone is 10. The van der Waals surface area contributed by atoms with E-state index in [1.54, 1.807) is 0 Å². The molecule has 2 nitrogen and oxygen atoms in total. The number of hydrogen-bond acceptors (Lipinski definition) is 2. The molecule has 1 N–H and O–H groups in total. The summed E-state index contributed by atoms with van der Waals surface area (Å²) in [5.74, 6) is 0.285. The van der Waals surface area contributed by atoms with Crippen LogP contribution in [0.2, 0.25) is 0 Å². The molecule has 4 aromatic carbocycles. The molecule has 52 heavy (non-hydrogen) atoms. The van der Waals surface area contributed by atoms with Gasteiger partial charge in [-0.2, -0.15) is 0 Å². The zero-order valence-corrected chi connectivity index (χ0v) is 31.6. The highest BCUT2D eigenvalue weighted by Crippen LogP contribution is 2.51. The zero-order chi connectivity index (χ0) is 36.6. The van der Waals surface area contributed by atoms with Crippen molar-refractivity contribution in [2.75, 3.05) is 4.90 Å². The van der Waals surface area contributed by atoms with Crippen molar-refractivity contribution in [1.82, 2.24) is 0 Å². The molecule has 0 radical (unpaired) electrons. The van der Waals surface area contributed by atoms with Gasteiger partial charge in [0.1, 0.15) is 5.76 Å². The highest BCUT2D eigenvalue weighted by atomic mass is 16.3. The summed E-state index contributed by atoms with van der Waals surface area (Å²) in [7, 11) is 0. The minimum Gasteiger partial charge on any atom is -0.507 e. The monoisotopic (exact) mass is 681 g/mol. The number of rotatable bonds is 9. The molecule has 262 valence electrons. The minimum atomic E-state index is -0.276. The van der Waals surface area contributed by atoms with E-state index < -0.39 is 0 Å². The fourth-order valence-electron chi connectivity index (χ4n) is 8.76. The van der Waals surface area contributed by atoms with Crippen molar-refractivity contribution >= 4 is 16.9 Å². The van der Waals surface area contributed by atoms with E-state index in [2.05, 4.69) is 168 Å². The van der Waals surface area contributed by atoms with Crippen molar-refractivity contribution in [1.29, 1.82) is 0 Å². The summed E-state index contributed by atoms with van der Waals surface area (Å²) in [4.78, 5) is 2.27. The van der Waals surface area contributed by atoms with E-state index in [1.807, 2.05) is 18.2 Å². The second-order valence-electron chi connectivity index (χ2n) is 15.6. The van der Waals surface area contributed by atoms with Gasteiger partial charge in [0.05, 0.1) is 0 Å². The van der Waals surface area contributed by atoms with Crippen molar-refractivity contribution in [3.05, 3.63) is 196 Å². The Morgan fingerprint density at radius 3 is 2.10 bits per heavy atom. The Morgan fingerprint density at radius 1 is 0.769 bits per heavy atom. The van der Waals surface area contributed by atoms with Crippen molar-refractivity contribution < 1.29 is 5.11 Å². The number of anilines is 2. The molecule has 0 aliphatic heterocycles. The quantitative estimate of drug-likeness (QED) is 0.140.